The Labute approximate surface area is 127 Å². The summed E-state index contributed by atoms with van der Waals surface area (Å²) in [4.78, 5) is 12.1. The molecule has 3 N–H and O–H groups in total. The third-order valence-corrected chi connectivity index (χ3v) is 4.11. The number of amides is 1. The molecule has 1 aromatic rings. The Kier molecular flexibility index (Phi) is 4.83. The van der Waals surface area contributed by atoms with Gasteiger partial charge < -0.3 is 15.8 Å². The van der Waals surface area contributed by atoms with Gasteiger partial charge in [-0.3, -0.25) is 4.79 Å². The summed E-state index contributed by atoms with van der Waals surface area (Å²) in [5, 5.41) is 3.02. The molecule has 4 nitrogen and oxygen atoms in total. The number of benzene rings is 1. The lowest BCUT2D eigenvalue weighted by molar-refractivity contribution is -0.124. The van der Waals surface area contributed by atoms with Crippen molar-refractivity contribution in [2.24, 2.45) is 11.7 Å². The highest BCUT2D eigenvalue weighted by molar-refractivity contribution is 9.10. The number of nitrogens with one attached hydrogen (secondary N) is 1. The molecule has 108 valence electrons. The van der Waals surface area contributed by atoms with Crippen molar-refractivity contribution >= 4 is 21.8 Å². The van der Waals surface area contributed by atoms with E-state index in [1.165, 1.54) is 0 Å². The topological polar surface area (TPSA) is 64.3 Å². The maximum Gasteiger partial charge on any atom is 0.227 e. The summed E-state index contributed by atoms with van der Waals surface area (Å²) >= 11 is 3.45. The molecule has 0 bridgehead atoms. The second-order valence-corrected chi connectivity index (χ2v) is 5.87. The molecule has 0 aromatic heterocycles. The van der Waals surface area contributed by atoms with Crippen molar-refractivity contribution in [3.8, 4) is 5.75 Å². The highest BCUT2D eigenvalue weighted by Crippen LogP contribution is 2.28. The third kappa shape index (κ3) is 3.41. The Hall–Kier alpha value is -1.33. The molecule has 1 aliphatic carbocycles. The molecule has 0 fully saturated rings. The maximum atomic E-state index is 12.1. The van der Waals surface area contributed by atoms with Gasteiger partial charge in [-0.2, -0.15) is 0 Å². The lowest BCUT2D eigenvalue weighted by Gasteiger charge is -2.18. The number of methoxy groups -OCH3 is 1. The van der Waals surface area contributed by atoms with Crippen molar-refractivity contribution in [1.82, 2.24) is 5.32 Å². The Morgan fingerprint density at radius 3 is 2.80 bits per heavy atom. The zero-order valence-electron chi connectivity index (χ0n) is 11.6. The molecule has 2 rings (SSSR count). The molecule has 20 heavy (non-hydrogen) atoms. The van der Waals surface area contributed by atoms with Gasteiger partial charge in [0.05, 0.1) is 23.5 Å². The number of ether oxygens (including phenoxy) is 1. The zero-order chi connectivity index (χ0) is 14.7. The first-order valence-electron chi connectivity index (χ1n) is 6.59. The number of hydrogen-bond donors (Lipinski definition) is 2. The van der Waals surface area contributed by atoms with Crippen LogP contribution in [0.1, 0.15) is 24.9 Å². The molecular formula is C15H19BrN2O2. The summed E-state index contributed by atoms with van der Waals surface area (Å²) in [5.74, 6) is 0.680. The van der Waals surface area contributed by atoms with E-state index in [1.807, 2.05) is 37.3 Å². The van der Waals surface area contributed by atoms with E-state index in [9.17, 15) is 4.79 Å². The highest BCUT2D eigenvalue weighted by atomic mass is 79.9. The summed E-state index contributed by atoms with van der Waals surface area (Å²) in [7, 11) is 1.63. The molecule has 0 heterocycles. The van der Waals surface area contributed by atoms with Crippen LogP contribution in [0.2, 0.25) is 0 Å². The number of rotatable bonds is 4. The second-order valence-electron chi connectivity index (χ2n) is 5.02. The molecule has 3 unspecified atom stereocenters. The average molecular weight is 339 g/mol. The second kappa shape index (κ2) is 6.41. The fraction of sp³-hybridized carbons (Fsp3) is 0.400. The third-order valence-electron chi connectivity index (χ3n) is 3.49. The average Bonchev–Trinajstić information content (AvgIpc) is 2.85. The number of halogens is 1. The summed E-state index contributed by atoms with van der Waals surface area (Å²) in [6.07, 6.45) is 4.46. The van der Waals surface area contributed by atoms with Gasteiger partial charge >= 0.3 is 0 Å². The number of carbonyl (C=O) groups excluding carboxylic acids is 1. The van der Waals surface area contributed by atoms with E-state index in [0.717, 1.165) is 15.8 Å². The normalized spacial score (nSPS) is 22.6. The molecule has 0 spiro atoms. The van der Waals surface area contributed by atoms with Crippen LogP contribution in [0.4, 0.5) is 0 Å². The highest BCUT2D eigenvalue weighted by Gasteiger charge is 2.24. The minimum atomic E-state index is -0.117. The van der Waals surface area contributed by atoms with Gasteiger partial charge in [-0.15, -0.1) is 0 Å². The Balaban J connectivity index is 2.01. The fourth-order valence-electron chi connectivity index (χ4n) is 2.28. The van der Waals surface area contributed by atoms with Crippen LogP contribution in [0.25, 0.3) is 0 Å². The van der Waals surface area contributed by atoms with E-state index in [4.69, 9.17) is 10.5 Å². The summed E-state index contributed by atoms with van der Waals surface area (Å²) < 4.78 is 6.07. The SMILES string of the molecule is COc1ccc(C(C)NC(=O)C2C=CC(N)C2)cc1Br. The van der Waals surface area contributed by atoms with Gasteiger partial charge in [-0.1, -0.05) is 18.2 Å². The predicted molar refractivity (Wildman–Crippen MR) is 82.5 cm³/mol. The first-order chi connectivity index (χ1) is 9.51. The van der Waals surface area contributed by atoms with E-state index in [0.29, 0.717) is 6.42 Å². The van der Waals surface area contributed by atoms with Crippen molar-refractivity contribution in [2.75, 3.05) is 7.11 Å². The minimum absolute atomic E-state index is 0.00353. The van der Waals surface area contributed by atoms with Crippen molar-refractivity contribution in [3.63, 3.8) is 0 Å². The predicted octanol–water partition coefficient (Wildman–Crippen LogP) is 2.54. The van der Waals surface area contributed by atoms with Crippen molar-refractivity contribution in [3.05, 3.63) is 40.4 Å². The summed E-state index contributed by atoms with van der Waals surface area (Å²) in [6, 6.07) is 5.73. The first-order valence-corrected chi connectivity index (χ1v) is 7.38. The Bertz CT molecular complexity index is 531. The molecule has 0 radical (unpaired) electrons. The van der Waals surface area contributed by atoms with E-state index in [2.05, 4.69) is 21.2 Å². The van der Waals surface area contributed by atoms with Gasteiger partial charge in [0.2, 0.25) is 5.91 Å². The van der Waals surface area contributed by atoms with Crippen LogP contribution in [0.15, 0.2) is 34.8 Å². The Morgan fingerprint density at radius 2 is 2.25 bits per heavy atom. The molecule has 3 atom stereocenters. The van der Waals surface area contributed by atoms with E-state index >= 15 is 0 Å². The van der Waals surface area contributed by atoms with Gasteiger partial charge in [0.15, 0.2) is 0 Å². The van der Waals surface area contributed by atoms with E-state index in [1.54, 1.807) is 7.11 Å². The van der Waals surface area contributed by atoms with E-state index in [-0.39, 0.29) is 23.9 Å². The zero-order valence-corrected chi connectivity index (χ0v) is 13.2. The molecule has 5 heteroatoms. The Morgan fingerprint density at radius 1 is 1.50 bits per heavy atom. The van der Waals surface area contributed by atoms with Crippen LogP contribution in [-0.4, -0.2) is 19.1 Å². The van der Waals surface area contributed by atoms with Crippen molar-refractivity contribution in [1.29, 1.82) is 0 Å². The summed E-state index contributed by atoms with van der Waals surface area (Å²) in [5.41, 5.74) is 6.80. The largest absolute Gasteiger partial charge is 0.496 e. The molecule has 0 saturated heterocycles. The molecule has 1 aliphatic rings. The minimum Gasteiger partial charge on any atom is -0.496 e. The van der Waals surface area contributed by atoms with Crippen LogP contribution in [0.3, 0.4) is 0 Å². The number of hydrogen-bond acceptors (Lipinski definition) is 3. The van der Waals surface area contributed by atoms with Gasteiger partial charge in [0.1, 0.15) is 5.75 Å². The standard InChI is InChI=1S/C15H19BrN2O2/c1-9(10-4-6-14(20-2)13(16)8-10)18-15(19)11-3-5-12(17)7-11/h3-6,8-9,11-12H,7,17H2,1-2H3,(H,18,19). The molecular weight excluding hydrogens is 320 g/mol. The van der Waals surface area contributed by atoms with Crippen LogP contribution >= 0.6 is 15.9 Å². The van der Waals surface area contributed by atoms with E-state index < -0.39 is 0 Å². The number of carbonyl (C=O) groups is 1. The van der Waals surface area contributed by atoms with Crippen LogP contribution in [-0.2, 0) is 4.79 Å². The monoisotopic (exact) mass is 338 g/mol. The number of nitrogens with two attached hydrogens (primary N) is 1. The maximum absolute atomic E-state index is 12.1. The van der Waals surface area contributed by atoms with Gasteiger partial charge in [-0.05, 0) is 47.0 Å². The smallest absolute Gasteiger partial charge is 0.227 e. The van der Waals surface area contributed by atoms with Crippen molar-refractivity contribution < 1.29 is 9.53 Å². The van der Waals surface area contributed by atoms with Gasteiger partial charge in [0.25, 0.3) is 0 Å². The molecule has 0 aliphatic heterocycles. The van der Waals surface area contributed by atoms with Crippen LogP contribution in [0.5, 0.6) is 5.75 Å². The van der Waals surface area contributed by atoms with Crippen molar-refractivity contribution in [2.45, 2.75) is 25.4 Å². The first kappa shape index (κ1) is 15.1. The lowest BCUT2D eigenvalue weighted by Crippen LogP contribution is -2.32. The van der Waals surface area contributed by atoms with Crippen LogP contribution < -0.4 is 15.8 Å². The molecule has 0 saturated carbocycles. The molecule has 1 amide bonds. The van der Waals surface area contributed by atoms with Gasteiger partial charge in [0, 0.05) is 6.04 Å². The fourth-order valence-corrected chi connectivity index (χ4v) is 2.84. The lowest BCUT2D eigenvalue weighted by atomic mass is 10.0. The quantitative estimate of drug-likeness (QED) is 0.829. The summed E-state index contributed by atoms with van der Waals surface area (Å²) in [6.45, 7) is 1.96. The van der Waals surface area contributed by atoms with Gasteiger partial charge in [-0.25, -0.2) is 0 Å². The van der Waals surface area contributed by atoms with Crippen LogP contribution in [0, 0.1) is 5.92 Å². The molecule has 1 aromatic carbocycles.